The van der Waals surface area contributed by atoms with E-state index in [-0.39, 0.29) is 0 Å². The molecule has 0 unspecified atom stereocenters. The van der Waals surface area contributed by atoms with Crippen molar-refractivity contribution in [3.63, 3.8) is 0 Å². The van der Waals surface area contributed by atoms with E-state index in [4.69, 9.17) is 0 Å². The third-order valence-electron chi connectivity index (χ3n) is 5.41. The molecule has 32 heavy (non-hydrogen) atoms. The summed E-state index contributed by atoms with van der Waals surface area (Å²) in [7, 11) is 0. The van der Waals surface area contributed by atoms with E-state index in [1.165, 1.54) is 11.1 Å². The van der Waals surface area contributed by atoms with E-state index >= 15 is 0 Å². The van der Waals surface area contributed by atoms with Crippen molar-refractivity contribution in [3.8, 4) is 11.1 Å². The monoisotopic (exact) mass is 412 g/mol. The van der Waals surface area contributed by atoms with Crippen LogP contribution in [0.3, 0.4) is 0 Å². The van der Waals surface area contributed by atoms with Crippen molar-refractivity contribution in [1.82, 2.24) is 0 Å². The molecule has 0 aromatic heterocycles. The van der Waals surface area contributed by atoms with Crippen LogP contribution in [0, 0.1) is 0 Å². The van der Waals surface area contributed by atoms with E-state index in [9.17, 15) is 0 Å². The maximum atomic E-state index is 3.55. The molecule has 0 spiro atoms. The molecule has 0 atom stereocenters. The lowest BCUT2D eigenvalue weighted by Gasteiger charge is -2.26. The van der Waals surface area contributed by atoms with E-state index < -0.39 is 0 Å². The second-order valence-electron chi connectivity index (χ2n) is 7.63. The number of anilines is 5. The maximum absolute atomic E-state index is 3.55. The van der Waals surface area contributed by atoms with Gasteiger partial charge >= 0.3 is 0 Å². The molecular weight excluding hydrogens is 388 g/mol. The minimum absolute atomic E-state index is 1.05. The third kappa shape index (κ3) is 4.40. The van der Waals surface area contributed by atoms with Gasteiger partial charge in [-0.3, -0.25) is 0 Å². The molecule has 0 saturated heterocycles. The maximum Gasteiger partial charge on any atom is 0.0482 e. The highest BCUT2D eigenvalue weighted by atomic mass is 15.1. The summed E-state index contributed by atoms with van der Waals surface area (Å²) >= 11 is 0. The Kier molecular flexibility index (Phi) is 5.67. The van der Waals surface area contributed by atoms with Gasteiger partial charge in [-0.25, -0.2) is 0 Å². The highest BCUT2D eigenvalue weighted by Gasteiger charge is 2.12. The van der Waals surface area contributed by atoms with Gasteiger partial charge in [0.2, 0.25) is 0 Å². The molecule has 2 nitrogen and oxygen atoms in total. The second-order valence-corrected chi connectivity index (χ2v) is 7.63. The Labute approximate surface area is 189 Å². The number of hydrogen-bond donors (Lipinski definition) is 1. The van der Waals surface area contributed by atoms with Gasteiger partial charge in [0.1, 0.15) is 0 Å². The highest BCUT2D eigenvalue weighted by Crippen LogP contribution is 2.35. The van der Waals surface area contributed by atoms with E-state index in [1.807, 2.05) is 18.2 Å². The SMILES string of the molecule is c1ccc(-c2ccc(Nc3cccc(N(c4ccccc4)c4ccccc4)c3)cc2)cc1. The summed E-state index contributed by atoms with van der Waals surface area (Å²) in [6, 6.07) is 48.4. The van der Waals surface area contributed by atoms with E-state index in [0.717, 1.165) is 28.4 Å². The van der Waals surface area contributed by atoms with Crippen LogP contribution in [-0.2, 0) is 0 Å². The number of nitrogens with one attached hydrogen (secondary N) is 1. The van der Waals surface area contributed by atoms with Crippen LogP contribution in [0.1, 0.15) is 0 Å². The fraction of sp³-hybridized carbons (Fsp3) is 0. The first-order chi connectivity index (χ1) is 15.9. The lowest BCUT2D eigenvalue weighted by Crippen LogP contribution is -2.09. The molecule has 0 aliphatic heterocycles. The summed E-state index contributed by atoms with van der Waals surface area (Å²) in [6.07, 6.45) is 0. The van der Waals surface area contributed by atoms with Crippen LogP contribution < -0.4 is 10.2 Å². The van der Waals surface area contributed by atoms with Crippen LogP contribution >= 0.6 is 0 Å². The van der Waals surface area contributed by atoms with Gasteiger partial charge in [-0.05, 0) is 65.7 Å². The van der Waals surface area contributed by atoms with Crippen molar-refractivity contribution in [1.29, 1.82) is 0 Å². The van der Waals surface area contributed by atoms with Crippen LogP contribution in [0.5, 0.6) is 0 Å². The predicted octanol–water partition coefficient (Wildman–Crippen LogP) is 8.57. The Morgan fingerprint density at radius 2 is 0.875 bits per heavy atom. The Morgan fingerprint density at radius 3 is 1.47 bits per heavy atom. The quantitative estimate of drug-likeness (QED) is 0.300. The van der Waals surface area contributed by atoms with Crippen LogP contribution in [0.15, 0.2) is 140 Å². The molecule has 5 aromatic carbocycles. The first-order valence-corrected chi connectivity index (χ1v) is 10.8. The smallest absolute Gasteiger partial charge is 0.0482 e. The molecule has 0 aliphatic rings. The largest absolute Gasteiger partial charge is 0.355 e. The van der Waals surface area contributed by atoms with Gasteiger partial charge in [-0.15, -0.1) is 0 Å². The molecule has 0 aliphatic carbocycles. The molecule has 0 bridgehead atoms. The summed E-state index contributed by atoms with van der Waals surface area (Å²) in [4.78, 5) is 2.27. The molecule has 5 aromatic rings. The van der Waals surface area contributed by atoms with E-state index in [0.29, 0.717) is 0 Å². The van der Waals surface area contributed by atoms with E-state index in [2.05, 4.69) is 132 Å². The average molecular weight is 413 g/mol. The van der Waals surface area contributed by atoms with Crippen molar-refractivity contribution in [2.75, 3.05) is 10.2 Å². The Morgan fingerprint density at radius 1 is 0.375 bits per heavy atom. The summed E-state index contributed by atoms with van der Waals surface area (Å²) in [5, 5.41) is 3.55. The first kappa shape index (κ1) is 19.7. The van der Waals surface area contributed by atoms with Crippen LogP contribution in [0.2, 0.25) is 0 Å². The standard InChI is InChI=1S/C30H24N2/c1-4-11-24(12-5-1)25-19-21-26(22-20-25)31-27-13-10-18-30(23-27)32(28-14-6-2-7-15-28)29-16-8-3-9-17-29/h1-23,31H. The number of hydrogen-bond acceptors (Lipinski definition) is 2. The summed E-state index contributed by atoms with van der Waals surface area (Å²) in [5.74, 6) is 0. The third-order valence-corrected chi connectivity index (χ3v) is 5.41. The van der Waals surface area contributed by atoms with Crippen molar-refractivity contribution >= 4 is 28.4 Å². The minimum atomic E-state index is 1.05. The summed E-state index contributed by atoms with van der Waals surface area (Å²) in [6.45, 7) is 0. The Balaban J connectivity index is 1.43. The zero-order valence-electron chi connectivity index (χ0n) is 17.7. The van der Waals surface area contributed by atoms with E-state index in [1.54, 1.807) is 0 Å². The van der Waals surface area contributed by atoms with Gasteiger partial charge in [0, 0.05) is 28.4 Å². The van der Waals surface area contributed by atoms with Crippen LogP contribution in [-0.4, -0.2) is 0 Å². The van der Waals surface area contributed by atoms with Gasteiger partial charge in [0.15, 0.2) is 0 Å². The molecule has 0 fully saturated rings. The summed E-state index contributed by atoms with van der Waals surface area (Å²) in [5.41, 5.74) is 7.91. The lowest BCUT2D eigenvalue weighted by molar-refractivity contribution is 1.28. The van der Waals surface area contributed by atoms with Crippen molar-refractivity contribution in [2.45, 2.75) is 0 Å². The molecule has 0 amide bonds. The van der Waals surface area contributed by atoms with Gasteiger partial charge in [-0.2, -0.15) is 0 Å². The number of rotatable bonds is 6. The summed E-state index contributed by atoms with van der Waals surface area (Å²) < 4.78 is 0. The molecule has 1 N–H and O–H groups in total. The fourth-order valence-corrected chi connectivity index (χ4v) is 3.87. The highest BCUT2D eigenvalue weighted by molar-refractivity contribution is 5.79. The zero-order chi connectivity index (χ0) is 21.6. The second kappa shape index (κ2) is 9.23. The molecular formula is C30H24N2. The molecule has 154 valence electrons. The lowest BCUT2D eigenvalue weighted by atomic mass is 10.1. The molecule has 2 heteroatoms. The van der Waals surface area contributed by atoms with Crippen LogP contribution in [0.25, 0.3) is 11.1 Å². The normalized spacial score (nSPS) is 10.5. The van der Waals surface area contributed by atoms with Gasteiger partial charge in [-0.1, -0.05) is 84.9 Å². The molecule has 0 saturated carbocycles. The van der Waals surface area contributed by atoms with Gasteiger partial charge in [0.25, 0.3) is 0 Å². The van der Waals surface area contributed by atoms with Crippen LogP contribution in [0.4, 0.5) is 28.4 Å². The zero-order valence-corrected chi connectivity index (χ0v) is 17.7. The molecule has 0 radical (unpaired) electrons. The van der Waals surface area contributed by atoms with Crippen molar-refractivity contribution < 1.29 is 0 Å². The van der Waals surface area contributed by atoms with Crippen molar-refractivity contribution in [2.24, 2.45) is 0 Å². The minimum Gasteiger partial charge on any atom is -0.355 e. The molecule has 5 rings (SSSR count). The number of benzene rings is 5. The Hall–Kier alpha value is -4.30. The fourth-order valence-electron chi connectivity index (χ4n) is 3.87. The number of para-hydroxylation sites is 2. The van der Waals surface area contributed by atoms with Crippen molar-refractivity contribution in [3.05, 3.63) is 140 Å². The Bertz CT molecular complexity index is 1230. The topological polar surface area (TPSA) is 15.3 Å². The molecule has 0 heterocycles. The van der Waals surface area contributed by atoms with Gasteiger partial charge < -0.3 is 10.2 Å². The average Bonchev–Trinajstić information content (AvgIpc) is 2.87. The number of nitrogens with zero attached hydrogens (tertiary/aromatic N) is 1. The first-order valence-electron chi connectivity index (χ1n) is 10.8. The predicted molar refractivity (Wildman–Crippen MR) is 136 cm³/mol. The van der Waals surface area contributed by atoms with Gasteiger partial charge in [0.05, 0.1) is 0 Å².